The molecule has 2 aromatic rings. The number of nitrogens with one attached hydrogen (secondary N) is 1. The summed E-state index contributed by atoms with van der Waals surface area (Å²) >= 11 is 0. The molecule has 156 valence electrons. The van der Waals surface area contributed by atoms with E-state index in [9.17, 15) is 4.79 Å². The first-order valence-electron chi connectivity index (χ1n) is 11.1. The van der Waals surface area contributed by atoms with Gasteiger partial charge in [0.15, 0.2) is 0 Å². The number of piperidine rings is 1. The quantitative estimate of drug-likeness (QED) is 0.818. The van der Waals surface area contributed by atoms with Gasteiger partial charge >= 0.3 is 6.03 Å². The zero-order valence-corrected chi connectivity index (χ0v) is 18.2. The van der Waals surface area contributed by atoms with Crippen molar-refractivity contribution in [3.8, 4) is 5.69 Å². The lowest BCUT2D eigenvalue weighted by molar-refractivity contribution is 0.151. The highest BCUT2D eigenvalue weighted by atomic mass is 16.2. The Morgan fingerprint density at radius 3 is 2.62 bits per heavy atom. The third-order valence-corrected chi connectivity index (χ3v) is 6.62. The Kier molecular flexibility index (Phi) is 5.32. The molecule has 2 amide bonds. The summed E-state index contributed by atoms with van der Waals surface area (Å²) in [6.45, 7) is 12.1. The van der Waals surface area contributed by atoms with E-state index in [-0.39, 0.29) is 11.6 Å². The highest BCUT2D eigenvalue weighted by molar-refractivity contribution is 5.75. The standard InChI is InChI=1S/C24H34N4O/c1-5-28-21-17-19(4)8-9-20(21)27-14-6-7-22(27)24(28)11-15-26(16-12-24)23(29)25-13-10-18(2)3/h6-9,14,17-18H,5,10-13,15-16H2,1-4H3,(H,25,29). The fourth-order valence-electron chi connectivity index (χ4n) is 5.05. The number of benzene rings is 1. The summed E-state index contributed by atoms with van der Waals surface area (Å²) in [7, 11) is 0. The van der Waals surface area contributed by atoms with E-state index in [0.717, 1.165) is 45.4 Å². The minimum atomic E-state index is -0.0479. The number of aromatic nitrogens is 1. The summed E-state index contributed by atoms with van der Waals surface area (Å²) in [5, 5.41) is 3.11. The van der Waals surface area contributed by atoms with Crippen LogP contribution in [-0.4, -0.2) is 41.7 Å². The van der Waals surface area contributed by atoms with Crippen molar-refractivity contribution in [2.45, 2.75) is 52.5 Å². The summed E-state index contributed by atoms with van der Waals surface area (Å²) in [5.41, 5.74) is 5.17. The molecule has 4 rings (SSSR count). The predicted octanol–water partition coefficient (Wildman–Crippen LogP) is 4.67. The number of aryl methyl sites for hydroxylation is 1. The van der Waals surface area contributed by atoms with Crippen LogP contribution in [-0.2, 0) is 5.54 Å². The van der Waals surface area contributed by atoms with Crippen LogP contribution in [0.1, 0.15) is 51.3 Å². The molecule has 1 aromatic carbocycles. The Morgan fingerprint density at radius 2 is 1.93 bits per heavy atom. The molecule has 29 heavy (non-hydrogen) atoms. The van der Waals surface area contributed by atoms with Gasteiger partial charge in [-0.15, -0.1) is 0 Å². The molecule has 5 nitrogen and oxygen atoms in total. The van der Waals surface area contributed by atoms with Crippen LogP contribution in [0.25, 0.3) is 5.69 Å². The summed E-state index contributed by atoms with van der Waals surface area (Å²) in [6, 6.07) is 11.3. The van der Waals surface area contributed by atoms with Crippen LogP contribution < -0.4 is 10.2 Å². The molecule has 1 saturated heterocycles. The van der Waals surface area contributed by atoms with E-state index in [1.54, 1.807) is 0 Å². The maximum Gasteiger partial charge on any atom is 0.317 e. The number of carbonyl (C=O) groups excluding carboxylic acids is 1. The van der Waals surface area contributed by atoms with E-state index in [2.05, 4.69) is 79.0 Å². The Balaban J connectivity index is 1.58. The van der Waals surface area contributed by atoms with E-state index in [0.29, 0.717) is 5.92 Å². The predicted molar refractivity (Wildman–Crippen MR) is 119 cm³/mol. The molecule has 0 saturated carbocycles. The number of urea groups is 1. The van der Waals surface area contributed by atoms with Crippen molar-refractivity contribution in [2.75, 3.05) is 31.1 Å². The number of hydrogen-bond donors (Lipinski definition) is 1. The molecule has 1 fully saturated rings. The molecule has 0 bridgehead atoms. The van der Waals surface area contributed by atoms with Crippen LogP contribution >= 0.6 is 0 Å². The monoisotopic (exact) mass is 394 g/mol. The van der Waals surface area contributed by atoms with Gasteiger partial charge in [0.25, 0.3) is 0 Å². The smallest absolute Gasteiger partial charge is 0.317 e. The molecule has 2 aliphatic rings. The minimum Gasteiger partial charge on any atom is -0.359 e. The van der Waals surface area contributed by atoms with Crippen LogP contribution in [0.15, 0.2) is 36.5 Å². The van der Waals surface area contributed by atoms with E-state index >= 15 is 0 Å². The van der Waals surface area contributed by atoms with Gasteiger partial charge in [-0.2, -0.15) is 0 Å². The summed E-state index contributed by atoms with van der Waals surface area (Å²) < 4.78 is 2.36. The molecule has 0 unspecified atom stereocenters. The topological polar surface area (TPSA) is 40.5 Å². The summed E-state index contributed by atoms with van der Waals surface area (Å²) in [6.07, 6.45) is 5.12. The van der Waals surface area contributed by atoms with Crippen LogP contribution in [0.3, 0.4) is 0 Å². The van der Waals surface area contributed by atoms with Crippen molar-refractivity contribution in [3.63, 3.8) is 0 Å². The molecule has 1 aromatic heterocycles. The molecular formula is C24H34N4O. The average Bonchev–Trinajstić information content (AvgIpc) is 3.19. The molecule has 0 radical (unpaired) electrons. The maximum atomic E-state index is 12.6. The SMILES string of the molecule is CCN1c2cc(C)ccc2-n2cccc2C12CCN(C(=O)NCCC(C)C)CC2. The number of amides is 2. The second kappa shape index (κ2) is 7.77. The van der Waals surface area contributed by atoms with Crippen molar-refractivity contribution in [3.05, 3.63) is 47.8 Å². The van der Waals surface area contributed by atoms with Crippen LogP contribution in [0, 0.1) is 12.8 Å². The lowest BCUT2D eigenvalue weighted by Crippen LogP contribution is -2.58. The summed E-state index contributed by atoms with van der Waals surface area (Å²) in [5.74, 6) is 0.608. The van der Waals surface area contributed by atoms with E-state index < -0.39 is 0 Å². The molecule has 0 aliphatic carbocycles. The molecule has 1 spiro atoms. The van der Waals surface area contributed by atoms with Gasteiger partial charge in [0, 0.05) is 38.1 Å². The Labute approximate surface area is 174 Å². The van der Waals surface area contributed by atoms with Gasteiger partial charge in [-0.05, 0) is 68.9 Å². The summed E-state index contributed by atoms with van der Waals surface area (Å²) in [4.78, 5) is 17.2. The average molecular weight is 395 g/mol. The number of carbonyl (C=O) groups is 1. The zero-order valence-electron chi connectivity index (χ0n) is 18.2. The third-order valence-electron chi connectivity index (χ3n) is 6.62. The lowest BCUT2D eigenvalue weighted by atomic mass is 9.80. The van der Waals surface area contributed by atoms with Gasteiger partial charge in [0.1, 0.15) is 0 Å². The first-order valence-corrected chi connectivity index (χ1v) is 11.1. The van der Waals surface area contributed by atoms with Crippen molar-refractivity contribution in [2.24, 2.45) is 5.92 Å². The molecule has 5 heteroatoms. The molecule has 0 atom stereocenters. The van der Waals surface area contributed by atoms with Crippen molar-refractivity contribution in [1.29, 1.82) is 0 Å². The van der Waals surface area contributed by atoms with Gasteiger partial charge in [-0.3, -0.25) is 0 Å². The largest absolute Gasteiger partial charge is 0.359 e. The van der Waals surface area contributed by atoms with Gasteiger partial charge < -0.3 is 19.7 Å². The van der Waals surface area contributed by atoms with Crippen LogP contribution in [0.5, 0.6) is 0 Å². The molecule has 3 heterocycles. The number of hydrogen-bond acceptors (Lipinski definition) is 2. The van der Waals surface area contributed by atoms with Crippen molar-refractivity contribution in [1.82, 2.24) is 14.8 Å². The van der Waals surface area contributed by atoms with Crippen molar-refractivity contribution >= 4 is 11.7 Å². The normalized spacial score (nSPS) is 17.4. The zero-order chi connectivity index (χ0) is 20.6. The molecule has 1 N–H and O–H groups in total. The molecule has 2 aliphatic heterocycles. The van der Waals surface area contributed by atoms with Gasteiger partial charge in [-0.25, -0.2) is 4.79 Å². The highest BCUT2D eigenvalue weighted by Gasteiger charge is 2.46. The Bertz CT molecular complexity index is 877. The second-order valence-corrected chi connectivity index (χ2v) is 8.93. The van der Waals surface area contributed by atoms with Gasteiger partial charge in [-0.1, -0.05) is 19.9 Å². The number of nitrogens with zero attached hydrogens (tertiary/aromatic N) is 3. The number of rotatable bonds is 4. The maximum absolute atomic E-state index is 12.6. The van der Waals surface area contributed by atoms with Crippen LogP contribution in [0.2, 0.25) is 0 Å². The van der Waals surface area contributed by atoms with Gasteiger partial charge in [0.2, 0.25) is 0 Å². The second-order valence-electron chi connectivity index (χ2n) is 8.93. The minimum absolute atomic E-state index is 0.0479. The number of likely N-dealkylation sites (tertiary alicyclic amines) is 1. The highest BCUT2D eigenvalue weighted by Crippen LogP contribution is 2.48. The lowest BCUT2D eigenvalue weighted by Gasteiger charge is -2.53. The Hall–Kier alpha value is -2.43. The van der Waals surface area contributed by atoms with E-state index in [1.165, 1.54) is 22.6 Å². The first-order chi connectivity index (χ1) is 14.0. The van der Waals surface area contributed by atoms with E-state index in [1.807, 2.05) is 4.90 Å². The van der Waals surface area contributed by atoms with E-state index in [4.69, 9.17) is 0 Å². The number of anilines is 1. The fourth-order valence-corrected chi connectivity index (χ4v) is 5.05. The van der Waals surface area contributed by atoms with Crippen LogP contribution in [0.4, 0.5) is 10.5 Å². The Morgan fingerprint density at radius 1 is 1.17 bits per heavy atom. The fraction of sp³-hybridized carbons (Fsp3) is 0.542. The van der Waals surface area contributed by atoms with Gasteiger partial charge in [0.05, 0.1) is 16.9 Å². The van der Waals surface area contributed by atoms with Crippen molar-refractivity contribution < 1.29 is 4.79 Å². The third kappa shape index (κ3) is 3.41. The number of fused-ring (bicyclic) bond motifs is 4. The first kappa shape index (κ1) is 19.9. The molecular weight excluding hydrogens is 360 g/mol.